The molecule has 1 aliphatic rings. The van der Waals surface area contributed by atoms with Gasteiger partial charge in [0.1, 0.15) is 11.3 Å². The van der Waals surface area contributed by atoms with Crippen molar-refractivity contribution in [2.75, 3.05) is 13.1 Å². The minimum absolute atomic E-state index is 0.0561. The Morgan fingerprint density at radius 2 is 1.86 bits per heavy atom. The number of carbonyl (C=O) groups excluding carboxylic acids is 2. The number of imidazole rings is 1. The summed E-state index contributed by atoms with van der Waals surface area (Å²) in [5.74, 6) is -0.192. The molecule has 2 N–H and O–H groups in total. The molecule has 0 radical (unpaired) electrons. The van der Waals surface area contributed by atoms with Gasteiger partial charge in [0.2, 0.25) is 5.91 Å². The lowest BCUT2D eigenvalue weighted by molar-refractivity contribution is -0.120. The average molecular weight is 476 g/mol. The van der Waals surface area contributed by atoms with Crippen molar-refractivity contribution in [3.63, 3.8) is 0 Å². The van der Waals surface area contributed by atoms with Gasteiger partial charge in [0, 0.05) is 37.1 Å². The van der Waals surface area contributed by atoms with Crippen LogP contribution in [-0.4, -0.2) is 39.3 Å². The maximum absolute atomic E-state index is 13.3. The summed E-state index contributed by atoms with van der Waals surface area (Å²) >= 11 is 0. The summed E-state index contributed by atoms with van der Waals surface area (Å²) in [6, 6.07) is 9.59. The summed E-state index contributed by atoms with van der Waals surface area (Å²) in [7, 11) is 0. The number of pyridine rings is 2. The van der Waals surface area contributed by atoms with Crippen LogP contribution in [0.15, 0.2) is 48.9 Å². The van der Waals surface area contributed by atoms with Crippen LogP contribution in [0.1, 0.15) is 81.0 Å². The third-order valence-electron chi connectivity index (χ3n) is 6.99. The monoisotopic (exact) mass is 475 g/mol. The first-order valence-electron chi connectivity index (χ1n) is 12.7. The lowest BCUT2D eigenvalue weighted by Gasteiger charge is -2.37. The van der Waals surface area contributed by atoms with Crippen LogP contribution in [0.25, 0.3) is 5.65 Å². The van der Waals surface area contributed by atoms with E-state index < -0.39 is 0 Å². The number of rotatable bonds is 8. The van der Waals surface area contributed by atoms with E-state index in [1.54, 1.807) is 22.9 Å². The molecule has 0 bridgehead atoms. The predicted octanol–water partition coefficient (Wildman–Crippen LogP) is 4.46. The highest BCUT2D eigenvalue weighted by Crippen LogP contribution is 2.38. The van der Waals surface area contributed by atoms with E-state index in [-0.39, 0.29) is 29.1 Å². The van der Waals surface area contributed by atoms with E-state index in [1.807, 2.05) is 24.4 Å². The number of nitrogens with zero attached hydrogens (tertiary/aromatic N) is 3. The van der Waals surface area contributed by atoms with Crippen molar-refractivity contribution in [3.05, 3.63) is 65.9 Å². The average Bonchev–Trinajstić information content (AvgIpc) is 3.25. The van der Waals surface area contributed by atoms with Crippen molar-refractivity contribution >= 4 is 17.5 Å². The number of carbonyl (C=O) groups is 2. The van der Waals surface area contributed by atoms with E-state index in [0.717, 1.165) is 32.1 Å². The van der Waals surface area contributed by atoms with Gasteiger partial charge in [-0.15, -0.1) is 0 Å². The van der Waals surface area contributed by atoms with Crippen LogP contribution in [0.5, 0.6) is 0 Å². The first kappa shape index (κ1) is 24.9. The molecule has 1 saturated carbocycles. The highest BCUT2D eigenvalue weighted by molar-refractivity contribution is 5.93. The van der Waals surface area contributed by atoms with Crippen LogP contribution < -0.4 is 10.6 Å². The molecule has 0 spiro atoms. The maximum atomic E-state index is 13.3. The molecule has 7 nitrogen and oxygen atoms in total. The Kier molecular flexibility index (Phi) is 7.53. The van der Waals surface area contributed by atoms with Crippen molar-refractivity contribution in [1.29, 1.82) is 0 Å². The first-order valence-corrected chi connectivity index (χ1v) is 12.7. The molecule has 35 heavy (non-hydrogen) atoms. The lowest BCUT2D eigenvalue weighted by Crippen LogP contribution is -2.42. The maximum Gasteiger partial charge on any atom is 0.268 e. The summed E-state index contributed by atoms with van der Waals surface area (Å²) in [5, 5.41) is 6.17. The van der Waals surface area contributed by atoms with Crippen molar-refractivity contribution in [2.24, 2.45) is 5.41 Å². The fourth-order valence-electron chi connectivity index (χ4n) is 4.95. The molecule has 0 aromatic carbocycles. The molecule has 0 atom stereocenters. The zero-order valence-electron chi connectivity index (χ0n) is 21.1. The minimum atomic E-state index is -0.136. The predicted molar refractivity (Wildman–Crippen MR) is 137 cm³/mol. The molecule has 4 rings (SSSR count). The van der Waals surface area contributed by atoms with Gasteiger partial charge in [-0.1, -0.05) is 52.2 Å². The van der Waals surface area contributed by atoms with E-state index >= 15 is 0 Å². The Balaban J connectivity index is 1.45. The van der Waals surface area contributed by atoms with Gasteiger partial charge in [0.05, 0.1) is 12.1 Å². The molecular weight excluding hydrogens is 438 g/mol. The normalized spacial score (nSPS) is 15.6. The number of nitrogens with one attached hydrogen (secondary N) is 2. The van der Waals surface area contributed by atoms with Gasteiger partial charge in [-0.2, -0.15) is 0 Å². The number of hydrogen-bond acceptors (Lipinski definition) is 4. The van der Waals surface area contributed by atoms with E-state index in [2.05, 4.69) is 47.4 Å². The Hall–Kier alpha value is -3.22. The number of hydrogen-bond donors (Lipinski definition) is 2. The molecule has 1 fully saturated rings. The second kappa shape index (κ2) is 10.6. The summed E-state index contributed by atoms with van der Waals surface area (Å²) in [6.45, 7) is 7.68. The summed E-state index contributed by atoms with van der Waals surface area (Å²) in [4.78, 5) is 34.6. The summed E-state index contributed by atoms with van der Waals surface area (Å²) in [6.07, 6.45) is 12.3. The van der Waals surface area contributed by atoms with Crippen molar-refractivity contribution in [1.82, 2.24) is 25.0 Å². The fraction of sp³-hybridized carbons (Fsp3) is 0.500. The van der Waals surface area contributed by atoms with Gasteiger partial charge in [-0.05, 0) is 48.4 Å². The zero-order chi connectivity index (χ0) is 24.9. The summed E-state index contributed by atoms with van der Waals surface area (Å²) < 4.78 is 1.78. The van der Waals surface area contributed by atoms with Crippen LogP contribution in [-0.2, 0) is 16.6 Å². The molecule has 0 aliphatic heterocycles. The SMILES string of the molecule is CC(C)(C)CCNC(=O)Cc1cn2c(C(=O)NCC3(c4cccnc4)CCCCC3)cccc2n1. The highest BCUT2D eigenvalue weighted by Gasteiger charge is 2.34. The molecule has 7 heteroatoms. The van der Waals surface area contributed by atoms with Gasteiger partial charge in [0.25, 0.3) is 5.91 Å². The molecular formula is C28H37N5O2. The van der Waals surface area contributed by atoms with Gasteiger partial charge in [-0.3, -0.25) is 19.0 Å². The van der Waals surface area contributed by atoms with Crippen molar-refractivity contribution < 1.29 is 9.59 Å². The van der Waals surface area contributed by atoms with Gasteiger partial charge >= 0.3 is 0 Å². The Morgan fingerprint density at radius 3 is 2.57 bits per heavy atom. The van der Waals surface area contributed by atoms with E-state index in [0.29, 0.717) is 30.1 Å². The molecule has 0 saturated heterocycles. The number of fused-ring (bicyclic) bond motifs is 1. The Labute approximate surface area is 207 Å². The van der Waals surface area contributed by atoms with Gasteiger partial charge < -0.3 is 10.6 Å². The third kappa shape index (κ3) is 6.27. The lowest BCUT2D eigenvalue weighted by atomic mass is 9.70. The van der Waals surface area contributed by atoms with Crippen LogP contribution >= 0.6 is 0 Å². The van der Waals surface area contributed by atoms with Crippen LogP contribution in [0.4, 0.5) is 0 Å². The molecule has 3 aromatic rings. The van der Waals surface area contributed by atoms with Crippen LogP contribution in [0, 0.1) is 5.41 Å². The molecule has 1 aliphatic carbocycles. The Bertz CT molecular complexity index is 1160. The molecule has 3 aromatic heterocycles. The smallest absolute Gasteiger partial charge is 0.268 e. The van der Waals surface area contributed by atoms with Crippen molar-refractivity contribution in [3.8, 4) is 0 Å². The van der Waals surface area contributed by atoms with E-state index in [9.17, 15) is 9.59 Å². The van der Waals surface area contributed by atoms with Crippen LogP contribution in [0.2, 0.25) is 0 Å². The number of amides is 2. The minimum Gasteiger partial charge on any atom is -0.356 e. The first-order chi connectivity index (χ1) is 16.8. The highest BCUT2D eigenvalue weighted by atomic mass is 16.2. The molecule has 186 valence electrons. The molecule has 2 amide bonds. The molecule has 0 unspecified atom stereocenters. The van der Waals surface area contributed by atoms with E-state index in [4.69, 9.17) is 0 Å². The fourth-order valence-corrected chi connectivity index (χ4v) is 4.95. The quantitative estimate of drug-likeness (QED) is 0.504. The largest absolute Gasteiger partial charge is 0.356 e. The standard InChI is InChI=1S/C28H37N5O2/c1-27(2,3)14-16-30-25(34)17-22-19-33-23(10-7-11-24(33)32-22)26(35)31-20-28(12-5-4-6-13-28)21-9-8-15-29-18-21/h7-11,15,18-19H,4-6,12-14,16-17,20H2,1-3H3,(H,30,34)(H,31,35). The Morgan fingerprint density at radius 1 is 1.06 bits per heavy atom. The van der Waals surface area contributed by atoms with Crippen LogP contribution in [0.3, 0.4) is 0 Å². The van der Waals surface area contributed by atoms with Crippen molar-refractivity contribution in [2.45, 2.75) is 71.1 Å². The topological polar surface area (TPSA) is 88.4 Å². The second-order valence-electron chi connectivity index (χ2n) is 11.0. The molecule has 3 heterocycles. The van der Waals surface area contributed by atoms with Gasteiger partial charge in [0.15, 0.2) is 0 Å². The van der Waals surface area contributed by atoms with Gasteiger partial charge in [-0.25, -0.2) is 4.98 Å². The summed E-state index contributed by atoms with van der Waals surface area (Å²) in [5.41, 5.74) is 3.12. The van der Waals surface area contributed by atoms with E-state index in [1.165, 1.54) is 12.0 Å². The third-order valence-corrected chi connectivity index (χ3v) is 6.99. The zero-order valence-corrected chi connectivity index (χ0v) is 21.1. The second-order valence-corrected chi connectivity index (χ2v) is 11.0. The number of aromatic nitrogens is 3.